The summed E-state index contributed by atoms with van der Waals surface area (Å²) in [5.74, 6) is 0.586. The van der Waals surface area contributed by atoms with Gasteiger partial charge < -0.3 is 24.1 Å². The molecule has 5 heteroatoms. The van der Waals surface area contributed by atoms with Crippen molar-refractivity contribution in [2.75, 3.05) is 40.3 Å². The van der Waals surface area contributed by atoms with Gasteiger partial charge in [0, 0.05) is 13.7 Å². The molecule has 5 nitrogen and oxygen atoms in total. The summed E-state index contributed by atoms with van der Waals surface area (Å²) < 4.78 is 21.8. The van der Waals surface area contributed by atoms with Crippen LogP contribution in [0.1, 0.15) is 18.4 Å². The van der Waals surface area contributed by atoms with Crippen molar-refractivity contribution in [3.8, 4) is 0 Å². The third-order valence-corrected chi connectivity index (χ3v) is 4.29. The van der Waals surface area contributed by atoms with Crippen molar-refractivity contribution in [3.05, 3.63) is 35.9 Å². The van der Waals surface area contributed by atoms with E-state index in [1.807, 2.05) is 18.2 Å². The Bertz CT molecular complexity index is 411. The molecule has 130 valence electrons. The Morgan fingerprint density at radius 3 is 2.57 bits per heavy atom. The number of rotatable bonds is 11. The first-order chi connectivity index (χ1) is 11.3. The predicted molar refractivity (Wildman–Crippen MR) is 87.0 cm³/mol. The maximum absolute atomic E-state index is 9.55. The summed E-state index contributed by atoms with van der Waals surface area (Å²) in [5, 5.41) is 9.55. The monoisotopic (exact) mass is 324 g/mol. The van der Waals surface area contributed by atoms with Gasteiger partial charge in [0.25, 0.3) is 0 Å². The smallest absolute Gasteiger partial charge is 0.147 e. The van der Waals surface area contributed by atoms with Gasteiger partial charge in [0.2, 0.25) is 0 Å². The van der Waals surface area contributed by atoms with Gasteiger partial charge in [0.05, 0.1) is 32.5 Å². The van der Waals surface area contributed by atoms with Crippen LogP contribution in [0.3, 0.4) is 0 Å². The van der Waals surface area contributed by atoms with E-state index in [2.05, 4.69) is 12.1 Å². The molecule has 0 aliphatic heterocycles. The molecule has 0 amide bonds. The zero-order valence-corrected chi connectivity index (χ0v) is 13.9. The Kier molecular flexibility index (Phi) is 8.57. The maximum atomic E-state index is 9.55. The molecule has 0 spiro atoms. The van der Waals surface area contributed by atoms with E-state index in [1.165, 1.54) is 5.56 Å². The van der Waals surface area contributed by atoms with Crippen molar-refractivity contribution < 1.29 is 24.1 Å². The maximum Gasteiger partial charge on any atom is 0.147 e. The fourth-order valence-corrected chi connectivity index (χ4v) is 2.97. The molecule has 0 radical (unpaired) electrons. The van der Waals surface area contributed by atoms with Crippen LogP contribution in [0.2, 0.25) is 0 Å². The predicted octanol–water partition coefficient (Wildman–Crippen LogP) is 2.23. The number of methoxy groups -OCH3 is 1. The number of aliphatic hydroxyl groups excluding tert-OH is 1. The van der Waals surface area contributed by atoms with Crippen LogP contribution in [0, 0.1) is 11.8 Å². The molecule has 0 aromatic heterocycles. The molecule has 23 heavy (non-hydrogen) atoms. The average molecular weight is 324 g/mol. The molecule has 1 aliphatic rings. The highest BCUT2D eigenvalue weighted by molar-refractivity contribution is 5.13. The van der Waals surface area contributed by atoms with Crippen LogP contribution in [0.4, 0.5) is 0 Å². The lowest BCUT2D eigenvalue weighted by Crippen LogP contribution is -2.17. The van der Waals surface area contributed by atoms with Gasteiger partial charge in [0.15, 0.2) is 0 Å². The Morgan fingerprint density at radius 2 is 1.83 bits per heavy atom. The molecular formula is C18H28O5. The minimum Gasteiger partial charge on any atom is -0.396 e. The van der Waals surface area contributed by atoms with Crippen molar-refractivity contribution in [2.45, 2.75) is 25.6 Å². The van der Waals surface area contributed by atoms with Crippen molar-refractivity contribution in [1.29, 1.82) is 0 Å². The molecular weight excluding hydrogens is 296 g/mol. The summed E-state index contributed by atoms with van der Waals surface area (Å²) >= 11 is 0. The molecule has 1 aromatic rings. The molecule has 0 saturated heterocycles. The highest BCUT2D eigenvalue weighted by Gasteiger charge is 2.34. The van der Waals surface area contributed by atoms with Crippen molar-refractivity contribution >= 4 is 0 Å². The standard InChI is InChI=1S/C18H28O5/c1-20-7-8-21-14-23-18-9-16(11-19)17(10-18)13-22-12-15-5-3-2-4-6-15/h2-6,16-19H,7-14H2,1H3/t16-,17-,18+/m0/s1. The van der Waals surface area contributed by atoms with Crippen molar-refractivity contribution in [3.63, 3.8) is 0 Å². The second-order valence-electron chi connectivity index (χ2n) is 5.98. The molecule has 2 rings (SSSR count). The SMILES string of the molecule is COCCOCO[C@@H]1C[C@@H](CO)[C@H](COCc2ccccc2)C1. The van der Waals surface area contributed by atoms with Crippen molar-refractivity contribution in [1.82, 2.24) is 0 Å². The minimum absolute atomic E-state index is 0.139. The number of ether oxygens (including phenoxy) is 4. The first-order valence-electron chi connectivity index (χ1n) is 8.24. The van der Waals surface area contributed by atoms with Crippen LogP contribution >= 0.6 is 0 Å². The zero-order valence-electron chi connectivity index (χ0n) is 13.9. The van der Waals surface area contributed by atoms with Gasteiger partial charge in [-0.25, -0.2) is 0 Å². The normalized spacial score (nSPS) is 24.2. The second-order valence-corrected chi connectivity index (χ2v) is 5.98. The molecule has 3 atom stereocenters. The summed E-state index contributed by atoms with van der Waals surface area (Å²) in [6, 6.07) is 10.1. The van der Waals surface area contributed by atoms with E-state index >= 15 is 0 Å². The van der Waals surface area contributed by atoms with Gasteiger partial charge in [-0.15, -0.1) is 0 Å². The fourth-order valence-electron chi connectivity index (χ4n) is 2.97. The quantitative estimate of drug-likeness (QED) is 0.500. The molecule has 1 aromatic carbocycles. The molecule has 0 bridgehead atoms. The zero-order chi connectivity index (χ0) is 16.3. The van der Waals surface area contributed by atoms with Gasteiger partial charge in [-0.05, 0) is 30.2 Å². The topological polar surface area (TPSA) is 57.2 Å². The van der Waals surface area contributed by atoms with E-state index in [9.17, 15) is 5.11 Å². The fraction of sp³-hybridized carbons (Fsp3) is 0.667. The first-order valence-corrected chi connectivity index (χ1v) is 8.24. The minimum atomic E-state index is 0.139. The van der Waals surface area contributed by atoms with E-state index < -0.39 is 0 Å². The summed E-state index contributed by atoms with van der Waals surface area (Å²) in [7, 11) is 1.65. The first kappa shape index (κ1) is 18.4. The number of hydrogen-bond acceptors (Lipinski definition) is 5. The van der Waals surface area contributed by atoms with Gasteiger partial charge in [-0.3, -0.25) is 0 Å². The van der Waals surface area contributed by atoms with Crippen LogP contribution < -0.4 is 0 Å². The number of hydrogen-bond donors (Lipinski definition) is 1. The van der Waals surface area contributed by atoms with Gasteiger partial charge >= 0.3 is 0 Å². The van der Waals surface area contributed by atoms with E-state index in [1.54, 1.807) is 7.11 Å². The van der Waals surface area contributed by atoms with Gasteiger partial charge in [-0.2, -0.15) is 0 Å². The van der Waals surface area contributed by atoms with Gasteiger partial charge in [0.1, 0.15) is 6.79 Å². The number of aliphatic hydroxyl groups is 1. The largest absolute Gasteiger partial charge is 0.396 e. The average Bonchev–Trinajstić information content (AvgIpc) is 2.98. The summed E-state index contributed by atoms with van der Waals surface area (Å²) in [6.07, 6.45) is 1.91. The highest BCUT2D eigenvalue weighted by atomic mass is 16.7. The molecule has 1 fully saturated rings. The molecule has 1 aliphatic carbocycles. The van der Waals surface area contributed by atoms with E-state index in [4.69, 9.17) is 18.9 Å². The van der Waals surface area contributed by atoms with Crippen LogP contribution in [0.25, 0.3) is 0 Å². The van der Waals surface area contributed by atoms with E-state index in [-0.39, 0.29) is 25.4 Å². The molecule has 0 unspecified atom stereocenters. The van der Waals surface area contributed by atoms with E-state index in [0.717, 1.165) is 12.8 Å². The van der Waals surface area contributed by atoms with E-state index in [0.29, 0.717) is 32.3 Å². The van der Waals surface area contributed by atoms with Gasteiger partial charge in [-0.1, -0.05) is 30.3 Å². The lowest BCUT2D eigenvalue weighted by atomic mass is 9.98. The van der Waals surface area contributed by atoms with Crippen molar-refractivity contribution in [2.24, 2.45) is 11.8 Å². The Labute approximate surface area is 138 Å². The second kappa shape index (κ2) is 10.7. The molecule has 1 saturated carbocycles. The molecule has 1 N–H and O–H groups in total. The Morgan fingerprint density at radius 1 is 1.04 bits per heavy atom. The summed E-state index contributed by atoms with van der Waals surface area (Å²) in [6.45, 7) is 2.85. The third kappa shape index (κ3) is 6.57. The Balaban J connectivity index is 1.65. The molecule has 0 heterocycles. The van der Waals surface area contributed by atoms with Crippen LogP contribution in [-0.4, -0.2) is 51.5 Å². The number of benzene rings is 1. The lowest BCUT2D eigenvalue weighted by molar-refractivity contribution is -0.0972. The van der Waals surface area contributed by atoms with Crippen LogP contribution in [0.5, 0.6) is 0 Å². The van der Waals surface area contributed by atoms with Crippen LogP contribution in [0.15, 0.2) is 30.3 Å². The summed E-state index contributed by atoms with van der Waals surface area (Å²) in [4.78, 5) is 0. The van der Waals surface area contributed by atoms with Crippen LogP contribution in [-0.2, 0) is 25.6 Å². The lowest BCUT2D eigenvalue weighted by Gasteiger charge is -2.16. The third-order valence-electron chi connectivity index (χ3n) is 4.29. The Hall–Kier alpha value is -0.980. The summed E-state index contributed by atoms with van der Waals surface area (Å²) in [5.41, 5.74) is 1.17. The highest BCUT2D eigenvalue weighted by Crippen LogP contribution is 2.34.